The predicted molar refractivity (Wildman–Crippen MR) is 41.7 cm³/mol. The summed E-state index contributed by atoms with van der Waals surface area (Å²) in [5.41, 5.74) is 0. The third-order valence-corrected chi connectivity index (χ3v) is 1.19. The molecule has 0 amide bonds. The van der Waals surface area contributed by atoms with E-state index in [4.69, 9.17) is 20.3 Å². The maximum absolute atomic E-state index is 8.81. The molecular formula is C6H13BO4. The van der Waals surface area contributed by atoms with E-state index in [1.165, 1.54) is 5.98 Å². The van der Waals surface area contributed by atoms with E-state index in [1.54, 1.807) is 6.08 Å². The van der Waals surface area contributed by atoms with Crippen LogP contribution in [0.2, 0.25) is 0 Å². The molecule has 0 aromatic heterocycles. The zero-order valence-electron chi connectivity index (χ0n) is 6.22. The molecule has 0 aliphatic rings. The molecular weight excluding hydrogens is 147 g/mol. The van der Waals surface area contributed by atoms with E-state index in [1.807, 2.05) is 0 Å². The van der Waals surface area contributed by atoms with Crippen LogP contribution in [0.1, 0.15) is 12.8 Å². The monoisotopic (exact) mass is 160 g/mol. The molecule has 1 unspecified atom stereocenters. The molecule has 0 aliphatic heterocycles. The molecule has 0 spiro atoms. The van der Waals surface area contributed by atoms with Gasteiger partial charge in [0.05, 0.1) is 12.7 Å². The first-order valence-corrected chi connectivity index (χ1v) is 3.48. The van der Waals surface area contributed by atoms with Crippen molar-refractivity contribution >= 4 is 7.12 Å². The number of rotatable bonds is 5. The van der Waals surface area contributed by atoms with Gasteiger partial charge in [-0.3, -0.25) is 0 Å². The van der Waals surface area contributed by atoms with Crippen LogP contribution in [0.3, 0.4) is 0 Å². The minimum Gasteiger partial charge on any atom is -0.424 e. The highest BCUT2D eigenvalue weighted by Crippen LogP contribution is 1.96. The molecule has 0 aliphatic carbocycles. The predicted octanol–water partition coefficient (Wildman–Crippen LogP) is -1.31. The van der Waals surface area contributed by atoms with Crippen molar-refractivity contribution in [2.24, 2.45) is 0 Å². The third-order valence-electron chi connectivity index (χ3n) is 1.19. The van der Waals surface area contributed by atoms with E-state index in [0.29, 0.717) is 12.8 Å². The van der Waals surface area contributed by atoms with E-state index in [9.17, 15) is 0 Å². The lowest BCUT2D eigenvalue weighted by molar-refractivity contribution is 0.0891. The SMILES string of the molecule is OCC(O)CC/C=C/B(O)O. The van der Waals surface area contributed by atoms with Crippen LogP contribution < -0.4 is 0 Å². The Morgan fingerprint density at radius 2 is 2.00 bits per heavy atom. The Morgan fingerprint density at radius 3 is 2.45 bits per heavy atom. The zero-order chi connectivity index (χ0) is 8.69. The van der Waals surface area contributed by atoms with Crippen molar-refractivity contribution in [1.82, 2.24) is 0 Å². The van der Waals surface area contributed by atoms with Gasteiger partial charge in [-0.15, -0.1) is 0 Å². The first-order chi connectivity index (χ1) is 5.16. The Bertz CT molecular complexity index is 115. The van der Waals surface area contributed by atoms with Crippen LogP contribution in [0.4, 0.5) is 0 Å². The molecule has 0 bridgehead atoms. The summed E-state index contributed by atoms with van der Waals surface area (Å²) in [6.45, 7) is -0.254. The molecule has 4 N–H and O–H groups in total. The fraction of sp³-hybridized carbons (Fsp3) is 0.667. The molecule has 4 nitrogen and oxygen atoms in total. The largest absolute Gasteiger partial charge is 0.480 e. The molecule has 0 fully saturated rings. The molecule has 0 rings (SSSR count). The molecule has 11 heavy (non-hydrogen) atoms. The minimum absolute atomic E-state index is 0.254. The topological polar surface area (TPSA) is 80.9 Å². The number of aliphatic hydroxyl groups is 2. The van der Waals surface area contributed by atoms with E-state index in [-0.39, 0.29) is 6.61 Å². The fourth-order valence-corrected chi connectivity index (χ4v) is 0.598. The Morgan fingerprint density at radius 1 is 1.36 bits per heavy atom. The van der Waals surface area contributed by atoms with Crippen LogP contribution in [0, 0.1) is 0 Å². The maximum atomic E-state index is 8.81. The van der Waals surface area contributed by atoms with Crippen molar-refractivity contribution < 1.29 is 20.3 Å². The van der Waals surface area contributed by atoms with Crippen molar-refractivity contribution in [3.05, 3.63) is 12.1 Å². The number of hydrogen-bond acceptors (Lipinski definition) is 4. The molecule has 0 radical (unpaired) electrons. The second-order valence-electron chi connectivity index (χ2n) is 2.26. The normalized spacial score (nSPS) is 13.8. The van der Waals surface area contributed by atoms with E-state index >= 15 is 0 Å². The Balaban J connectivity index is 3.26. The fourth-order valence-electron chi connectivity index (χ4n) is 0.598. The first kappa shape index (κ1) is 10.6. The second-order valence-corrected chi connectivity index (χ2v) is 2.26. The number of hydrogen-bond donors (Lipinski definition) is 4. The maximum Gasteiger partial charge on any atom is 0.480 e. The van der Waals surface area contributed by atoms with Gasteiger partial charge in [-0.2, -0.15) is 0 Å². The summed E-state index contributed by atoms with van der Waals surface area (Å²) in [5, 5.41) is 33.8. The van der Waals surface area contributed by atoms with Crippen LogP contribution in [0.25, 0.3) is 0 Å². The van der Waals surface area contributed by atoms with Gasteiger partial charge in [-0.25, -0.2) is 0 Å². The van der Waals surface area contributed by atoms with Crippen LogP contribution in [0.5, 0.6) is 0 Å². The van der Waals surface area contributed by atoms with E-state index in [2.05, 4.69) is 0 Å². The zero-order valence-corrected chi connectivity index (χ0v) is 6.22. The van der Waals surface area contributed by atoms with Crippen LogP contribution in [-0.4, -0.2) is 40.1 Å². The highest BCUT2D eigenvalue weighted by Gasteiger charge is 2.00. The van der Waals surface area contributed by atoms with Gasteiger partial charge in [0.2, 0.25) is 0 Å². The number of aliphatic hydroxyl groups excluding tert-OH is 2. The molecule has 0 aromatic carbocycles. The lowest BCUT2D eigenvalue weighted by Gasteiger charge is -2.02. The van der Waals surface area contributed by atoms with Crippen LogP contribution in [0.15, 0.2) is 12.1 Å². The lowest BCUT2D eigenvalue weighted by atomic mass is 9.91. The smallest absolute Gasteiger partial charge is 0.424 e. The summed E-state index contributed by atoms with van der Waals surface area (Å²) in [4.78, 5) is 0. The Kier molecular flexibility index (Phi) is 6.16. The summed E-state index contributed by atoms with van der Waals surface area (Å²) < 4.78 is 0. The van der Waals surface area contributed by atoms with Gasteiger partial charge in [0.25, 0.3) is 0 Å². The van der Waals surface area contributed by atoms with Crippen LogP contribution >= 0.6 is 0 Å². The van der Waals surface area contributed by atoms with Crippen molar-refractivity contribution in [2.75, 3.05) is 6.61 Å². The summed E-state index contributed by atoms with van der Waals surface area (Å²) in [7, 11) is -1.43. The summed E-state index contributed by atoms with van der Waals surface area (Å²) in [5.74, 6) is 1.21. The van der Waals surface area contributed by atoms with E-state index in [0.717, 1.165) is 0 Å². The summed E-state index contributed by atoms with van der Waals surface area (Å²) in [6, 6.07) is 0. The Hall–Kier alpha value is -0.355. The summed E-state index contributed by atoms with van der Waals surface area (Å²) in [6.07, 6.45) is 1.79. The standard InChI is InChI=1S/C6H13BO4/c8-5-6(9)3-1-2-4-7(10)11/h2,4,6,8-11H,1,3,5H2/b4-2+. The molecule has 5 heteroatoms. The molecule has 64 valence electrons. The van der Waals surface area contributed by atoms with Gasteiger partial charge < -0.3 is 20.3 Å². The number of allylic oxidation sites excluding steroid dienone is 1. The second kappa shape index (κ2) is 6.36. The van der Waals surface area contributed by atoms with E-state index < -0.39 is 13.2 Å². The van der Waals surface area contributed by atoms with Crippen molar-refractivity contribution in [1.29, 1.82) is 0 Å². The quantitative estimate of drug-likeness (QED) is 0.376. The molecule has 0 aromatic rings. The lowest BCUT2D eigenvalue weighted by Crippen LogP contribution is -2.11. The van der Waals surface area contributed by atoms with Gasteiger partial charge in [0.1, 0.15) is 0 Å². The van der Waals surface area contributed by atoms with Crippen molar-refractivity contribution in [3.63, 3.8) is 0 Å². The first-order valence-electron chi connectivity index (χ1n) is 3.48. The van der Waals surface area contributed by atoms with Crippen LogP contribution in [-0.2, 0) is 0 Å². The molecule has 0 saturated heterocycles. The van der Waals surface area contributed by atoms with Crippen molar-refractivity contribution in [3.8, 4) is 0 Å². The van der Waals surface area contributed by atoms with Gasteiger partial charge in [0.15, 0.2) is 0 Å². The minimum atomic E-state index is -1.43. The van der Waals surface area contributed by atoms with Crippen molar-refractivity contribution in [2.45, 2.75) is 18.9 Å². The van der Waals surface area contributed by atoms with Gasteiger partial charge in [-0.1, -0.05) is 12.1 Å². The van der Waals surface area contributed by atoms with Gasteiger partial charge in [0, 0.05) is 0 Å². The summed E-state index contributed by atoms with van der Waals surface area (Å²) >= 11 is 0. The average Bonchev–Trinajstić information content (AvgIpc) is 1.97. The third kappa shape index (κ3) is 7.54. The molecule has 1 atom stereocenters. The molecule has 0 saturated carbocycles. The van der Waals surface area contributed by atoms with Gasteiger partial charge in [-0.05, 0) is 12.8 Å². The van der Waals surface area contributed by atoms with Gasteiger partial charge >= 0.3 is 7.12 Å². The average molecular weight is 160 g/mol. The highest BCUT2D eigenvalue weighted by atomic mass is 16.4. The Labute approximate surface area is 65.9 Å². The molecule has 0 heterocycles. The highest BCUT2D eigenvalue weighted by molar-refractivity contribution is 6.47.